The Morgan fingerprint density at radius 1 is 1.30 bits per heavy atom. The molecule has 1 heterocycles. The van der Waals surface area contributed by atoms with E-state index in [-0.39, 0.29) is 28.4 Å². The SMILES string of the molecule is CCC(C)NC(=O)Cc1csc(NS(=O)(=O)c2ccccc2)n1. The van der Waals surface area contributed by atoms with Crippen molar-refractivity contribution >= 4 is 32.4 Å². The molecule has 1 amide bonds. The topological polar surface area (TPSA) is 88.2 Å². The van der Waals surface area contributed by atoms with Gasteiger partial charge in [0.05, 0.1) is 17.0 Å². The lowest BCUT2D eigenvalue weighted by Gasteiger charge is -2.10. The molecule has 1 aromatic carbocycles. The highest BCUT2D eigenvalue weighted by molar-refractivity contribution is 7.93. The first kappa shape index (κ1) is 17.4. The summed E-state index contributed by atoms with van der Waals surface area (Å²) in [6.07, 6.45) is 0.985. The summed E-state index contributed by atoms with van der Waals surface area (Å²) in [6, 6.07) is 8.18. The predicted octanol–water partition coefficient (Wildman–Crippen LogP) is 2.40. The van der Waals surface area contributed by atoms with Crippen LogP contribution in [0.3, 0.4) is 0 Å². The highest BCUT2D eigenvalue weighted by atomic mass is 32.2. The van der Waals surface area contributed by atoms with Gasteiger partial charge in [0.15, 0.2) is 5.13 Å². The number of nitrogens with one attached hydrogen (secondary N) is 2. The van der Waals surface area contributed by atoms with Gasteiger partial charge in [0.1, 0.15) is 0 Å². The highest BCUT2D eigenvalue weighted by Crippen LogP contribution is 2.20. The monoisotopic (exact) mass is 353 g/mol. The number of aromatic nitrogens is 1. The Bertz CT molecular complexity index is 757. The van der Waals surface area contributed by atoms with Crippen molar-refractivity contribution < 1.29 is 13.2 Å². The number of benzene rings is 1. The molecule has 0 aliphatic rings. The number of hydrogen-bond acceptors (Lipinski definition) is 5. The molecule has 8 heteroatoms. The van der Waals surface area contributed by atoms with Crippen LogP contribution in [0.1, 0.15) is 26.0 Å². The summed E-state index contributed by atoms with van der Waals surface area (Å²) in [5, 5.41) is 4.78. The zero-order valence-corrected chi connectivity index (χ0v) is 14.6. The molecular formula is C15H19N3O3S2. The summed E-state index contributed by atoms with van der Waals surface area (Å²) >= 11 is 1.16. The molecule has 2 aromatic rings. The van der Waals surface area contributed by atoms with Gasteiger partial charge in [0.25, 0.3) is 10.0 Å². The molecule has 2 N–H and O–H groups in total. The van der Waals surface area contributed by atoms with Gasteiger partial charge in [-0.05, 0) is 25.5 Å². The average molecular weight is 353 g/mol. The Labute approximate surface area is 140 Å². The van der Waals surface area contributed by atoms with Crippen molar-refractivity contribution in [2.45, 2.75) is 37.6 Å². The first-order chi connectivity index (χ1) is 10.9. The molecule has 0 saturated carbocycles. The minimum atomic E-state index is -3.65. The van der Waals surface area contributed by atoms with Gasteiger partial charge in [-0.25, -0.2) is 13.4 Å². The second-order valence-electron chi connectivity index (χ2n) is 5.12. The number of hydrogen-bond donors (Lipinski definition) is 2. The van der Waals surface area contributed by atoms with Crippen molar-refractivity contribution in [3.63, 3.8) is 0 Å². The number of thiazole rings is 1. The molecule has 2 rings (SSSR count). The van der Waals surface area contributed by atoms with Gasteiger partial charge < -0.3 is 5.32 Å². The summed E-state index contributed by atoms with van der Waals surface area (Å²) in [7, 11) is -3.65. The number of rotatable bonds is 7. The van der Waals surface area contributed by atoms with Crippen LogP contribution in [0.15, 0.2) is 40.6 Å². The van der Waals surface area contributed by atoms with E-state index in [4.69, 9.17) is 0 Å². The smallest absolute Gasteiger partial charge is 0.263 e. The summed E-state index contributed by atoms with van der Waals surface area (Å²) in [4.78, 5) is 16.1. The fourth-order valence-corrected chi connectivity index (χ4v) is 3.79. The van der Waals surface area contributed by atoms with Crippen LogP contribution in [0.5, 0.6) is 0 Å². The molecule has 6 nitrogen and oxygen atoms in total. The molecule has 1 atom stereocenters. The Morgan fingerprint density at radius 2 is 2.00 bits per heavy atom. The number of nitrogens with zero attached hydrogens (tertiary/aromatic N) is 1. The molecule has 0 bridgehead atoms. The molecule has 0 aliphatic carbocycles. The van der Waals surface area contributed by atoms with Gasteiger partial charge in [-0.3, -0.25) is 9.52 Å². The second kappa shape index (κ2) is 7.56. The van der Waals surface area contributed by atoms with Gasteiger partial charge in [0.2, 0.25) is 5.91 Å². The van der Waals surface area contributed by atoms with E-state index in [2.05, 4.69) is 15.0 Å². The third-order valence-electron chi connectivity index (χ3n) is 3.19. The van der Waals surface area contributed by atoms with Crippen LogP contribution in [0, 0.1) is 0 Å². The number of carbonyl (C=O) groups excluding carboxylic acids is 1. The Morgan fingerprint density at radius 3 is 2.65 bits per heavy atom. The molecule has 0 aliphatic heterocycles. The van der Waals surface area contributed by atoms with Crippen LogP contribution in [-0.4, -0.2) is 25.4 Å². The molecule has 1 unspecified atom stereocenters. The van der Waals surface area contributed by atoms with Crippen LogP contribution in [0.4, 0.5) is 5.13 Å². The van der Waals surface area contributed by atoms with E-state index in [0.29, 0.717) is 5.69 Å². The summed E-state index contributed by atoms with van der Waals surface area (Å²) in [6.45, 7) is 3.92. The summed E-state index contributed by atoms with van der Waals surface area (Å²) in [5.74, 6) is -0.123. The quantitative estimate of drug-likeness (QED) is 0.800. The van der Waals surface area contributed by atoms with Crippen molar-refractivity contribution in [3.05, 3.63) is 41.4 Å². The second-order valence-corrected chi connectivity index (χ2v) is 7.66. The van der Waals surface area contributed by atoms with Gasteiger partial charge in [-0.1, -0.05) is 25.1 Å². The predicted molar refractivity (Wildman–Crippen MR) is 91.0 cm³/mol. The van der Waals surface area contributed by atoms with Gasteiger partial charge in [0, 0.05) is 11.4 Å². The summed E-state index contributed by atoms with van der Waals surface area (Å²) in [5.41, 5.74) is 0.543. The van der Waals surface area contributed by atoms with Crippen molar-refractivity contribution in [3.8, 4) is 0 Å². The largest absolute Gasteiger partial charge is 0.353 e. The minimum Gasteiger partial charge on any atom is -0.353 e. The van der Waals surface area contributed by atoms with Crippen LogP contribution in [-0.2, 0) is 21.2 Å². The lowest BCUT2D eigenvalue weighted by atomic mass is 10.2. The molecule has 23 heavy (non-hydrogen) atoms. The number of amides is 1. The first-order valence-corrected chi connectivity index (χ1v) is 9.58. The molecule has 0 saturated heterocycles. The maximum absolute atomic E-state index is 12.2. The summed E-state index contributed by atoms with van der Waals surface area (Å²) < 4.78 is 26.8. The van der Waals surface area contributed by atoms with Crippen LogP contribution >= 0.6 is 11.3 Å². The fourth-order valence-electron chi connectivity index (χ4n) is 1.80. The normalized spacial score (nSPS) is 12.6. The minimum absolute atomic E-state index is 0.109. The molecule has 124 valence electrons. The number of carbonyl (C=O) groups is 1. The zero-order chi connectivity index (χ0) is 16.9. The van der Waals surface area contributed by atoms with E-state index < -0.39 is 10.0 Å². The van der Waals surface area contributed by atoms with Crippen molar-refractivity contribution in [2.75, 3.05) is 4.72 Å². The Balaban J connectivity index is 2.01. The van der Waals surface area contributed by atoms with Crippen molar-refractivity contribution in [1.82, 2.24) is 10.3 Å². The average Bonchev–Trinajstić information content (AvgIpc) is 2.94. The van der Waals surface area contributed by atoms with Crippen molar-refractivity contribution in [2.24, 2.45) is 0 Å². The van der Waals surface area contributed by atoms with Gasteiger partial charge >= 0.3 is 0 Å². The molecule has 0 spiro atoms. The Kier molecular flexibility index (Phi) is 5.73. The van der Waals surface area contributed by atoms with E-state index >= 15 is 0 Å². The number of sulfonamides is 1. The fraction of sp³-hybridized carbons (Fsp3) is 0.333. The van der Waals surface area contributed by atoms with Crippen molar-refractivity contribution in [1.29, 1.82) is 0 Å². The third-order valence-corrected chi connectivity index (χ3v) is 5.48. The first-order valence-electron chi connectivity index (χ1n) is 7.22. The maximum atomic E-state index is 12.2. The lowest BCUT2D eigenvalue weighted by Crippen LogP contribution is -2.33. The maximum Gasteiger partial charge on any atom is 0.263 e. The highest BCUT2D eigenvalue weighted by Gasteiger charge is 2.16. The third kappa shape index (κ3) is 5.04. The van der Waals surface area contributed by atoms with E-state index in [0.717, 1.165) is 17.8 Å². The van der Waals surface area contributed by atoms with Crippen LogP contribution < -0.4 is 10.0 Å². The van der Waals surface area contributed by atoms with Gasteiger partial charge in [-0.15, -0.1) is 11.3 Å². The van der Waals surface area contributed by atoms with E-state index in [1.165, 1.54) is 12.1 Å². The van der Waals surface area contributed by atoms with E-state index in [1.807, 2.05) is 13.8 Å². The van der Waals surface area contributed by atoms with Gasteiger partial charge in [-0.2, -0.15) is 0 Å². The van der Waals surface area contributed by atoms with E-state index in [1.54, 1.807) is 23.6 Å². The Hall–Kier alpha value is -1.93. The molecular weight excluding hydrogens is 334 g/mol. The number of anilines is 1. The van der Waals surface area contributed by atoms with E-state index in [9.17, 15) is 13.2 Å². The standard InChI is InChI=1S/C15H19N3O3S2/c1-3-11(2)16-14(19)9-12-10-22-15(17-12)18-23(20,21)13-7-5-4-6-8-13/h4-8,10-11H,3,9H2,1-2H3,(H,16,19)(H,17,18). The lowest BCUT2D eigenvalue weighted by molar-refractivity contribution is -0.121. The molecule has 1 aromatic heterocycles. The van der Waals surface area contributed by atoms with Crippen LogP contribution in [0.25, 0.3) is 0 Å². The molecule has 0 radical (unpaired) electrons. The van der Waals surface area contributed by atoms with Crippen LogP contribution in [0.2, 0.25) is 0 Å². The zero-order valence-electron chi connectivity index (χ0n) is 12.9. The molecule has 0 fully saturated rings.